The molecule has 1 fully saturated rings. The fourth-order valence-corrected chi connectivity index (χ4v) is 3.56. The van der Waals surface area contributed by atoms with Gasteiger partial charge in [-0.05, 0) is 37.4 Å². The van der Waals surface area contributed by atoms with Crippen molar-refractivity contribution < 1.29 is 4.79 Å². The molecule has 2 heterocycles. The Morgan fingerprint density at radius 3 is 2.69 bits per heavy atom. The Morgan fingerprint density at radius 2 is 1.90 bits per heavy atom. The van der Waals surface area contributed by atoms with Gasteiger partial charge in [-0.15, -0.1) is 5.10 Å². The summed E-state index contributed by atoms with van der Waals surface area (Å²) in [5, 5.41) is 11.7. The van der Waals surface area contributed by atoms with Crippen LogP contribution in [-0.4, -0.2) is 59.0 Å². The van der Waals surface area contributed by atoms with Gasteiger partial charge in [0.2, 0.25) is 5.91 Å². The number of halogens is 1. The van der Waals surface area contributed by atoms with Crippen LogP contribution in [0.5, 0.6) is 0 Å². The van der Waals surface area contributed by atoms with Crippen LogP contribution in [0.4, 0.5) is 11.4 Å². The fraction of sp³-hybridized carbons (Fsp3) is 0.300. The Bertz CT molecular complexity index is 1110. The molecule has 1 aromatic heterocycles. The third-order valence-electron chi connectivity index (χ3n) is 5.00. The van der Waals surface area contributed by atoms with Crippen LogP contribution in [0.15, 0.2) is 47.3 Å². The number of fused-ring (bicyclic) bond motifs is 1. The molecule has 150 valence electrons. The Morgan fingerprint density at radius 1 is 1.14 bits per heavy atom. The maximum Gasteiger partial charge on any atom is 0.278 e. The van der Waals surface area contributed by atoms with Gasteiger partial charge in [0.25, 0.3) is 5.56 Å². The number of anilines is 2. The lowest BCUT2D eigenvalue weighted by Crippen LogP contribution is -2.44. The van der Waals surface area contributed by atoms with Crippen molar-refractivity contribution in [2.75, 3.05) is 43.4 Å². The van der Waals surface area contributed by atoms with Gasteiger partial charge in [0, 0.05) is 31.2 Å². The van der Waals surface area contributed by atoms with Crippen molar-refractivity contribution in [3.05, 3.63) is 57.8 Å². The van der Waals surface area contributed by atoms with Gasteiger partial charge in [0.05, 0.1) is 16.8 Å². The molecule has 3 aromatic rings. The van der Waals surface area contributed by atoms with Gasteiger partial charge in [-0.2, -0.15) is 0 Å². The molecule has 1 amide bonds. The number of nitrogens with zero attached hydrogens (tertiary/aromatic N) is 5. The smallest absolute Gasteiger partial charge is 0.278 e. The second-order valence-electron chi connectivity index (χ2n) is 7.07. The summed E-state index contributed by atoms with van der Waals surface area (Å²) >= 11 is 6.16. The van der Waals surface area contributed by atoms with Gasteiger partial charge in [0.1, 0.15) is 12.1 Å². The highest BCUT2D eigenvalue weighted by atomic mass is 35.5. The molecule has 0 radical (unpaired) electrons. The average Bonchev–Trinajstić information content (AvgIpc) is 2.71. The highest BCUT2D eigenvalue weighted by Crippen LogP contribution is 2.30. The highest BCUT2D eigenvalue weighted by Gasteiger charge is 2.19. The van der Waals surface area contributed by atoms with E-state index in [0.29, 0.717) is 21.6 Å². The zero-order valence-corrected chi connectivity index (χ0v) is 16.8. The number of carbonyl (C=O) groups excluding carboxylic acids is 1. The van der Waals surface area contributed by atoms with E-state index < -0.39 is 0 Å². The van der Waals surface area contributed by atoms with Crippen molar-refractivity contribution in [2.24, 2.45) is 0 Å². The minimum absolute atomic E-state index is 0.231. The van der Waals surface area contributed by atoms with Gasteiger partial charge < -0.3 is 15.1 Å². The van der Waals surface area contributed by atoms with Crippen molar-refractivity contribution in [3.8, 4) is 0 Å². The standard InChI is InChI=1S/C20H21ClN6O2/c1-25-8-10-26(11-9-25)18-7-6-14(21)12-17(18)22-19(28)13-27-20(29)15-4-2-3-5-16(15)23-24-27/h2-7,12H,8-11,13H2,1H3,(H,22,28). The van der Waals surface area contributed by atoms with Crippen molar-refractivity contribution >= 4 is 39.8 Å². The Kier molecular flexibility index (Phi) is 5.46. The number of nitrogens with one attached hydrogen (secondary N) is 1. The molecule has 1 aliphatic rings. The molecular formula is C20H21ClN6O2. The SMILES string of the molecule is CN1CCN(c2ccc(Cl)cc2NC(=O)Cn2nnc3ccccc3c2=O)CC1. The number of carbonyl (C=O) groups is 1. The summed E-state index contributed by atoms with van der Waals surface area (Å²) in [7, 11) is 2.09. The van der Waals surface area contributed by atoms with E-state index in [-0.39, 0.29) is 18.0 Å². The fourth-order valence-electron chi connectivity index (χ4n) is 3.38. The largest absolute Gasteiger partial charge is 0.367 e. The van der Waals surface area contributed by atoms with Gasteiger partial charge in [-0.3, -0.25) is 9.59 Å². The molecule has 0 atom stereocenters. The topological polar surface area (TPSA) is 83.4 Å². The van der Waals surface area contributed by atoms with Crippen molar-refractivity contribution in [1.82, 2.24) is 19.9 Å². The average molecular weight is 413 g/mol. The van der Waals surface area contributed by atoms with E-state index in [9.17, 15) is 9.59 Å². The number of hydrogen-bond donors (Lipinski definition) is 1. The summed E-state index contributed by atoms with van der Waals surface area (Å²) in [5.41, 5.74) is 1.68. The lowest BCUT2D eigenvalue weighted by molar-refractivity contribution is -0.117. The van der Waals surface area contributed by atoms with Crippen LogP contribution in [0.25, 0.3) is 10.9 Å². The van der Waals surface area contributed by atoms with E-state index in [1.807, 2.05) is 12.1 Å². The van der Waals surface area contributed by atoms with E-state index in [1.165, 1.54) is 0 Å². The van der Waals surface area contributed by atoms with Crippen molar-refractivity contribution in [3.63, 3.8) is 0 Å². The number of hydrogen-bond acceptors (Lipinski definition) is 6. The van der Waals surface area contributed by atoms with Crippen LogP contribution >= 0.6 is 11.6 Å². The molecule has 0 aliphatic carbocycles. The first-order chi connectivity index (χ1) is 14.0. The molecule has 0 bridgehead atoms. The van der Waals surface area contributed by atoms with E-state index >= 15 is 0 Å². The van der Waals surface area contributed by atoms with E-state index in [1.54, 1.807) is 30.3 Å². The summed E-state index contributed by atoms with van der Waals surface area (Å²) in [5.74, 6) is -0.366. The zero-order chi connectivity index (χ0) is 20.4. The van der Waals surface area contributed by atoms with Crippen LogP contribution in [0.2, 0.25) is 5.02 Å². The maximum atomic E-state index is 12.7. The second kappa shape index (κ2) is 8.18. The van der Waals surface area contributed by atoms with Gasteiger partial charge >= 0.3 is 0 Å². The van der Waals surface area contributed by atoms with Gasteiger partial charge in [-0.1, -0.05) is 28.9 Å². The summed E-state index contributed by atoms with van der Waals surface area (Å²) in [4.78, 5) is 29.7. The third kappa shape index (κ3) is 4.23. The monoisotopic (exact) mass is 412 g/mol. The van der Waals surface area contributed by atoms with Crippen LogP contribution < -0.4 is 15.8 Å². The van der Waals surface area contributed by atoms with Crippen LogP contribution in [0, 0.1) is 0 Å². The summed E-state index contributed by atoms with van der Waals surface area (Å²) in [6, 6.07) is 12.4. The number of piperazine rings is 1. The molecule has 9 heteroatoms. The molecule has 2 aromatic carbocycles. The number of rotatable bonds is 4. The maximum absolute atomic E-state index is 12.7. The molecule has 1 saturated heterocycles. The number of benzene rings is 2. The van der Waals surface area contributed by atoms with Crippen LogP contribution in [-0.2, 0) is 11.3 Å². The molecule has 8 nitrogen and oxygen atoms in total. The second-order valence-corrected chi connectivity index (χ2v) is 7.51. The molecule has 1 aliphatic heterocycles. The lowest BCUT2D eigenvalue weighted by atomic mass is 10.2. The van der Waals surface area contributed by atoms with Crippen LogP contribution in [0.3, 0.4) is 0 Å². The quantitative estimate of drug-likeness (QED) is 0.704. The molecular weight excluding hydrogens is 392 g/mol. The molecule has 0 saturated carbocycles. The number of amides is 1. The molecule has 29 heavy (non-hydrogen) atoms. The molecule has 1 N–H and O–H groups in total. The lowest BCUT2D eigenvalue weighted by Gasteiger charge is -2.35. The number of likely N-dealkylation sites (N-methyl/N-ethyl adjacent to an activating group) is 1. The van der Waals surface area contributed by atoms with E-state index in [4.69, 9.17) is 11.6 Å². The van der Waals surface area contributed by atoms with Crippen LogP contribution in [0.1, 0.15) is 0 Å². The highest BCUT2D eigenvalue weighted by molar-refractivity contribution is 6.31. The van der Waals surface area contributed by atoms with E-state index in [2.05, 4.69) is 32.5 Å². The Balaban J connectivity index is 1.55. The molecule has 0 spiro atoms. The normalized spacial score (nSPS) is 14.9. The first-order valence-electron chi connectivity index (χ1n) is 9.37. The van der Waals surface area contributed by atoms with Crippen molar-refractivity contribution in [2.45, 2.75) is 6.54 Å². The predicted octanol–water partition coefficient (Wildman–Crippen LogP) is 1.84. The van der Waals surface area contributed by atoms with E-state index in [0.717, 1.165) is 36.5 Å². The predicted molar refractivity (Wildman–Crippen MR) is 114 cm³/mol. The third-order valence-corrected chi connectivity index (χ3v) is 5.23. The first kappa shape index (κ1) is 19.4. The summed E-state index contributed by atoms with van der Waals surface area (Å²) in [6.45, 7) is 3.37. The zero-order valence-electron chi connectivity index (χ0n) is 16.0. The Hall–Kier alpha value is -2.97. The summed E-state index contributed by atoms with van der Waals surface area (Å²) < 4.78 is 1.07. The number of aromatic nitrogens is 3. The minimum atomic E-state index is -0.366. The molecule has 0 unspecified atom stereocenters. The Labute approximate surface area is 172 Å². The summed E-state index contributed by atoms with van der Waals surface area (Å²) in [6.07, 6.45) is 0. The molecule has 4 rings (SSSR count). The minimum Gasteiger partial charge on any atom is -0.367 e. The van der Waals surface area contributed by atoms with Gasteiger partial charge in [-0.25, -0.2) is 4.68 Å². The van der Waals surface area contributed by atoms with Gasteiger partial charge in [0.15, 0.2) is 0 Å². The van der Waals surface area contributed by atoms with Crippen molar-refractivity contribution in [1.29, 1.82) is 0 Å². The first-order valence-corrected chi connectivity index (χ1v) is 9.74.